The standard InChI is InChI=1S/C18H26F2N4O3.HI/c1-3-21-18(23-12-16(25)24-8-4-5-9-24)22-11-13-6-7-14(26-2)15(10-13)27-17(19)20;/h6-7,10,17H,3-5,8-9,11-12H2,1-2H3,(H2,21,22,23);1H. The molecule has 158 valence electrons. The largest absolute Gasteiger partial charge is 0.493 e. The predicted octanol–water partition coefficient (Wildman–Crippen LogP) is 2.59. The first kappa shape index (κ1) is 24.2. The fraction of sp³-hybridized carbons (Fsp3) is 0.556. The summed E-state index contributed by atoms with van der Waals surface area (Å²) >= 11 is 0. The summed E-state index contributed by atoms with van der Waals surface area (Å²) in [5.74, 6) is 0.707. The molecule has 1 aliphatic rings. The Morgan fingerprint density at radius 1 is 1.25 bits per heavy atom. The van der Waals surface area contributed by atoms with Crippen molar-refractivity contribution in [1.82, 2.24) is 15.5 Å². The van der Waals surface area contributed by atoms with Crippen LogP contribution in [0.2, 0.25) is 0 Å². The van der Waals surface area contributed by atoms with Crippen LogP contribution in [0, 0.1) is 0 Å². The maximum atomic E-state index is 12.5. The molecule has 1 aromatic rings. The molecule has 1 heterocycles. The van der Waals surface area contributed by atoms with Gasteiger partial charge in [0.25, 0.3) is 0 Å². The van der Waals surface area contributed by atoms with Gasteiger partial charge < -0.3 is 25.0 Å². The van der Waals surface area contributed by atoms with Crippen LogP contribution in [0.25, 0.3) is 0 Å². The van der Waals surface area contributed by atoms with Gasteiger partial charge in [-0.25, -0.2) is 4.99 Å². The third kappa shape index (κ3) is 7.64. The van der Waals surface area contributed by atoms with Gasteiger partial charge in [0.1, 0.15) is 0 Å². The Hall–Kier alpha value is -1.85. The third-order valence-corrected chi connectivity index (χ3v) is 4.07. The van der Waals surface area contributed by atoms with Gasteiger partial charge in [-0.3, -0.25) is 4.79 Å². The highest BCUT2D eigenvalue weighted by Gasteiger charge is 2.17. The molecule has 0 atom stereocenters. The fourth-order valence-electron chi connectivity index (χ4n) is 2.76. The van der Waals surface area contributed by atoms with E-state index in [0.717, 1.165) is 25.9 Å². The SMILES string of the molecule is CCNC(=NCc1ccc(OC)c(OC(F)F)c1)NCC(=O)N1CCCC1.I. The molecule has 1 saturated heterocycles. The Balaban J connectivity index is 0.00000392. The Labute approximate surface area is 180 Å². The van der Waals surface area contributed by atoms with Gasteiger partial charge in [-0.2, -0.15) is 8.78 Å². The van der Waals surface area contributed by atoms with Crippen LogP contribution in [0.5, 0.6) is 11.5 Å². The number of nitrogens with one attached hydrogen (secondary N) is 2. The smallest absolute Gasteiger partial charge is 0.387 e. The number of hydrogen-bond acceptors (Lipinski definition) is 4. The molecule has 7 nitrogen and oxygen atoms in total. The number of hydrogen-bond donors (Lipinski definition) is 2. The predicted molar refractivity (Wildman–Crippen MR) is 114 cm³/mol. The molecule has 1 amide bonds. The number of benzene rings is 1. The van der Waals surface area contributed by atoms with E-state index in [9.17, 15) is 13.6 Å². The number of alkyl halides is 2. The number of methoxy groups -OCH3 is 1. The van der Waals surface area contributed by atoms with Gasteiger partial charge in [0.15, 0.2) is 17.5 Å². The van der Waals surface area contributed by atoms with E-state index in [1.54, 1.807) is 12.1 Å². The van der Waals surface area contributed by atoms with Crippen molar-refractivity contribution in [2.24, 2.45) is 4.99 Å². The van der Waals surface area contributed by atoms with Gasteiger partial charge in [0, 0.05) is 19.6 Å². The number of carbonyl (C=O) groups is 1. The number of carbonyl (C=O) groups excluding carboxylic acids is 1. The number of guanidine groups is 1. The van der Waals surface area contributed by atoms with E-state index in [1.165, 1.54) is 13.2 Å². The molecule has 0 aromatic heterocycles. The van der Waals surface area contributed by atoms with Crippen molar-refractivity contribution in [2.45, 2.75) is 32.9 Å². The monoisotopic (exact) mass is 512 g/mol. The first-order valence-corrected chi connectivity index (χ1v) is 8.95. The summed E-state index contributed by atoms with van der Waals surface area (Å²) in [7, 11) is 1.38. The zero-order valence-electron chi connectivity index (χ0n) is 16.0. The van der Waals surface area contributed by atoms with Crippen molar-refractivity contribution in [3.8, 4) is 11.5 Å². The van der Waals surface area contributed by atoms with E-state index in [1.807, 2.05) is 11.8 Å². The summed E-state index contributed by atoms with van der Waals surface area (Å²) in [6.07, 6.45) is 2.08. The van der Waals surface area contributed by atoms with E-state index >= 15 is 0 Å². The molecule has 10 heteroatoms. The lowest BCUT2D eigenvalue weighted by Crippen LogP contribution is -2.44. The summed E-state index contributed by atoms with van der Waals surface area (Å²) in [6.45, 7) is 1.60. The Kier molecular flexibility index (Phi) is 10.9. The number of likely N-dealkylation sites (tertiary alicyclic amines) is 1. The number of amides is 1. The second-order valence-corrected chi connectivity index (χ2v) is 6.00. The van der Waals surface area contributed by atoms with E-state index in [4.69, 9.17) is 4.74 Å². The minimum absolute atomic E-state index is 0. The van der Waals surface area contributed by atoms with E-state index in [2.05, 4.69) is 20.4 Å². The van der Waals surface area contributed by atoms with Gasteiger partial charge in [-0.15, -0.1) is 24.0 Å². The molecule has 28 heavy (non-hydrogen) atoms. The highest BCUT2D eigenvalue weighted by molar-refractivity contribution is 14.0. The van der Waals surface area contributed by atoms with Crippen molar-refractivity contribution in [3.63, 3.8) is 0 Å². The van der Waals surface area contributed by atoms with Gasteiger partial charge in [0.2, 0.25) is 5.91 Å². The maximum absolute atomic E-state index is 12.5. The fourth-order valence-corrected chi connectivity index (χ4v) is 2.76. The van der Waals surface area contributed by atoms with E-state index in [0.29, 0.717) is 18.1 Å². The average Bonchev–Trinajstić information content (AvgIpc) is 3.18. The minimum Gasteiger partial charge on any atom is -0.493 e. The Morgan fingerprint density at radius 3 is 2.57 bits per heavy atom. The summed E-state index contributed by atoms with van der Waals surface area (Å²) < 4.78 is 34.5. The lowest BCUT2D eigenvalue weighted by molar-refractivity contribution is -0.128. The molecule has 0 saturated carbocycles. The molecule has 1 fully saturated rings. The van der Waals surface area contributed by atoms with Crippen molar-refractivity contribution < 1.29 is 23.0 Å². The highest BCUT2D eigenvalue weighted by atomic mass is 127. The van der Waals surface area contributed by atoms with Crippen molar-refractivity contribution in [1.29, 1.82) is 0 Å². The minimum atomic E-state index is -2.94. The van der Waals surface area contributed by atoms with E-state index in [-0.39, 0.29) is 54.5 Å². The normalized spacial score (nSPS) is 13.9. The van der Waals surface area contributed by atoms with Crippen LogP contribution in [0.4, 0.5) is 8.78 Å². The van der Waals surface area contributed by atoms with E-state index < -0.39 is 6.61 Å². The summed E-state index contributed by atoms with van der Waals surface area (Å²) in [5.41, 5.74) is 0.675. The van der Waals surface area contributed by atoms with Gasteiger partial charge in [-0.05, 0) is 37.5 Å². The van der Waals surface area contributed by atoms with Crippen molar-refractivity contribution in [3.05, 3.63) is 23.8 Å². The molecule has 0 spiro atoms. The molecule has 0 radical (unpaired) electrons. The second-order valence-electron chi connectivity index (χ2n) is 6.00. The summed E-state index contributed by atoms with van der Waals surface area (Å²) in [5, 5.41) is 6.07. The van der Waals surface area contributed by atoms with Crippen molar-refractivity contribution in [2.75, 3.05) is 33.3 Å². The average molecular weight is 512 g/mol. The van der Waals surface area contributed by atoms with Crippen LogP contribution >= 0.6 is 24.0 Å². The van der Waals surface area contributed by atoms with Gasteiger partial charge >= 0.3 is 6.61 Å². The zero-order valence-corrected chi connectivity index (χ0v) is 18.4. The quantitative estimate of drug-likeness (QED) is 0.318. The van der Waals surface area contributed by atoms with Crippen molar-refractivity contribution >= 4 is 35.8 Å². The molecule has 0 aliphatic carbocycles. The van der Waals surface area contributed by atoms with Gasteiger partial charge in [-0.1, -0.05) is 6.07 Å². The van der Waals surface area contributed by atoms with Crippen LogP contribution in [0.15, 0.2) is 23.2 Å². The molecular formula is C18H27F2IN4O3. The Morgan fingerprint density at radius 2 is 1.96 bits per heavy atom. The first-order chi connectivity index (χ1) is 13.0. The molecule has 0 bridgehead atoms. The number of ether oxygens (including phenoxy) is 2. The highest BCUT2D eigenvalue weighted by Crippen LogP contribution is 2.29. The van der Waals surface area contributed by atoms with Crippen LogP contribution in [0.3, 0.4) is 0 Å². The summed E-state index contributed by atoms with van der Waals surface area (Å²) in [4.78, 5) is 18.4. The topological polar surface area (TPSA) is 75.2 Å². The molecule has 0 unspecified atom stereocenters. The maximum Gasteiger partial charge on any atom is 0.387 e. The lowest BCUT2D eigenvalue weighted by Gasteiger charge is -2.17. The molecule has 1 aromatic carbocycles. The number of halogens is 3. The number of nitrogens with zero attached hydrogens (tertiary/aromatic N) is 2. The number of rotatable bonds is 8. The molecule has 2 N–H and O–H groups in total. The summed E-state index contributed by atoms with van der Waals surface area (Å²) in [6, 6.07) is 4.74. The van der Waals surface area contributed by atoms with Crippen LogP contribution in [-0.4, -0.2) is 56.7 Å². The van der Waals surface area contributed by atoms with Crippen LogP contribution < -0.4 is 20.1 Å². The lowest BCUT2D eigenvalue weighted by atomic mass is 10.2. The molecular weight excluding hydrogens is 485 g/mol. The van der Waals surface area contributed by atoms with Crippen LogP contribution in [0.1, 0.15) is 25.3 Å². The number of aliphatic imine (C=N–C) groups is 1. The third-order valence-electron chi connectivity index (χ3n) is 4.07. The van der Waals surface area contributed by atoms with Gasteiger partial charge in [0.05, 0.1) is 20.2 Å². The Bertz CT molecular complexity index is 656. The molecule has 1 aliphatic heterocycles. The zero-order chi connectivity index (χ0) is 19.6. The first-order valence-electron chi connectivity index (χ1n) is 8.95. The molecule has 2 rings (SSSR count). The van der Waals surface area contributed by atoms with Crippen LogP contribution in [-0.2, 0) is 11.3 Å². The second kappa shape index (κ2) is 12.6.